The largest absolute Gasteiger partial charge is 0.498 e. The van der Waals surface area contributed by atoms with E-state index in [0.717, 1.165) is 19.3 Å². The van der Waals surface area contributed by atoms with Crippen molar-refractivity contribution in [2.75, 3.05) is 33.5 Å². The lowest BCUT2D eigenvalue weighted by Crippen LogP contribution is -2.12. The Hall–Kier alpha value is -1.07. The van der Waals surface area contributed by atoms with E-state index in [1.807, 2.05) is 0 Å². The lowest BCUT2D eigenvalue weighted by atomic mass is 9.92. The minimum Gasteiger partial charge on any atom is -0.498 e. The van der Waals surface area contributed by atoms with Crippen LogP contribution in [0.15, 0.2) is 11.8 Å². The van der Waals surface area contributed by atoms with Gasteiger partial charge in [-0.2, -0.15) is 0 Å². The number of hydrogen-bond acceptors (Lipinski definition) is 5. The van der Waals surface area contributed by atoms with Gasteiger partial charge in [0.2, 0.25) is 0 Å². The van der Waals surface area contributed by atoms with E-state index in [4.69, 9.17) is 19.3 Å². The molecule has 1 N–H and O–H groups in total. The summed E-state index contributed by atoms with van der Waals surface area (Å²) in [5.74, 6) is 0.144. The minimum atomic E-state index is -0.332. The summed E-state index contributed by atoms with van der Waals surface area (Å²) in [4.78, 5) is 11.8. The number of esters is 1. The smallest absolute Gasteiger partial charge is 0.336 e. The Bertz CT molecular complexity index is 288. The second-order valence-corrected chi connectivity index (χ2v) is 4.96. The van der Waals surface area contributed by atoms with Gasteiger partial charge in [-0.15, -0.1) is 0 Å². The third kappa shape index (κ3) is 10.3. The van der Waals surface area contributed by atoms with Crippen molar-refractivity contribution in [1.82, 2.24) is 0 Å². The van der Waals surface area contributed by atoms with Gasteiger partial charge in [0.05, 0.1) is 38.8 Å². The van der Waals surface area contributed by atoms with Crippen LogP contribution >= 0.6 is 0 Å². The zero-order valence-electron chi connectivity index (χ0n) is 13.6. The van der Waals surface area contributed by atoms with Gasteiger partial charge in [-0.1, -0.05) is 39.5 Å². The van der Waals surface area contributed by atoms with E-state index in [2.05, 4.69) is 13.8 Å². The van der Waals surface area contributed by atoms with Crippen molar-refractivity contribution < 1.29 is 24.1 Å². The van der Waals surface area contributed by atoms with Crippen molar-refractivity contribution >= 4 is 5.97 Å². The van der Waals surface area contributed by atoms with E-state index in [9.17, 15) is 4.79 Å². The molecule has 0 saturated carbocycles. The number of aliphatic hydroxyl groups is 1. The van der Waals surface area contributed by atoms with Gasteiger partial charge in [-0.05, 0) is 12.3 Å². The van der Waals surface area contributed by atoms with Gasteiger partial charge in [-0.25, -0.2) is 4.79 Å². The van der Waals surface area contributed by atoms with Gasteiger partial charge in [0, 0.05) is 0 Å². The normalized spacial score (nSPS) is 13.0. The molecule has 5 heteroatoms. The number of ether oxygens (including phenoxy) is 3. The Morgan fingerprint density at radius 1 is 1.24 bits per heavy atom. The molecule has 21 heavy (non-hydrogen) atoms. The summed E-state index contributed by atoms with van der Waals surface area (Å²) in [5.41, 5.74) is 0.572. The molecule has 0 aliphatic carbocycles. The van der Waals surface area contributed by atoms with Gasteiger partial charge in [0.25, 0.3) is 0 Å². The Balaban J connectivity index is 4.32. The monoisotopic (exact) mass is 302 g/mol. The van der Waals surface area contributed by atoms with E-state index in [1.54, 1.807) is 0 Å². The SMILES string of the molecule is CCCCC(CC)CC(=COCCOCCO)C(=O)OC. The summed E-state index contributed by atoms with van der Waals surface area (Å²) in [6.45, 7) is 5.34. The van der Waals surface area contributed by atoms with Gasteiger partial charge in [0.1, 0.15) is 6.61 Å². The molecule has 0 aromatic carbocycles. The first-order valence-electron chi connectivity index (χ1n) is 7.77. The van der Waals surface area contributed by atoms with Crippen molar-refractivity contribution in [3.05, 3.63) is 11.8 Å². The van der Waals surface area contributed by atoms with E-state index in [-0.39, 0.29) is 12.6 Å². The highest BCUT2D eigenvalue weighted by atomic mass is 16.5. The third-order valence-electron chi connectivity index (χ3n) is 3.31. The molecule has 1 atom stereocenters. The van der Waals surface area contributed by atoms with Crippen LogP contribution in [0.1, 0.15) is 46.0 Å². The van der Waals surface area contributed by atoms with Crippen LogP contribution in [0.3, 0.4) is 0 Å². The van der Waals surface area contributed by atoms with Crippen molar-refractivity contribution in [2.45, 2.75) is 46.0 Å². The van der Waals surface area contributed by atoms with Gasteiger partial charge in [-0.3, -0.25) is 0 Å². The predicted molar refractivity (Wildman–Crippen MR) is 81.9 cm³/mol. The van der Waals surface area contributed by atoms with Gasteiger partial charge in [0.15, 0.2) is 0 Å². The first kappa shape index (κ1) is 19.9. The molecule has 0 saturated heterocycles. The summed E-state index contributed by atoms with van der Waals surface area (Å²) in [5, 5.41) is 8.57. The second kappa shape index (κ2) is 13.9. The lowest BCUT2D eigenvalue weighted by molar-refractivity contribution is -0.136. The molecular formula is C16H30O5. The zero-order valence-corrected chi connectivity index (χ0v) is 13.6. The summed E-state index contributed by atoms with van der Waals surface area (Å²) in [6, 6.07) is 0. The standard InChI is InChI=1S/C16H30O5/c1-4-6-7-14(5-2)12-15(16(18)19-3)13-21-11-10-20-9-8-17/h13-14,17H,4-12H2,1-3H3. The third-order valence-corrected chi connectivity index (χ3v) is 3.31. The highest BCUT2D eigenvalue weighted by molar-refractivity contribution is 5.88. The summed E-state index contributed by atoms with van der Waals surface area (Å²) in [7, 11) is 1.38. The quantitative estimate of drug-likeness (QED) is 0.245. The van der Waals surface area contributed by atoms with Crippen LogP contribution in [0.25, 0.3) is 0 Å². The Labute approximate surface area is 128 Å². The van der Waals surface area contributed by atoms with Crippen molar-refractivity contribution in [3.63, 3.8) is 0 Å². The average Bonchev–Trinajstić information content (AvgIpc) is 2.51. The zero-order chi connectivity index (χ0) is 15.9. The molecule has 0 radical (unpaired) electrons. The number of hydrogen-bond donors (Lipinski definition) is 1. The van der Waals surface area contributed by atoms with Gasteiger partial charge < -0.3 is 19.3 Å². The van der Waals surface area contributed by atoms with Crippen LogP contribution < -0.4 is 0 Å². The van der Waals surface area contributed by atoms with E-state index >= 15 is 0 Å². The van der Waals surface area contributed by atoms with Crippen molar-refractivity contribution in [1.29, 1.82) is 0 Å². The van der Waals surface area contributed by atoms with E-state index in [0.29, 0.717) is 37.7 Å². The molecule has 124 valence electrons. The van der Waals surface area contributed by atoms with E-state index in [1.165, 1.54) is 19.8 Å². The number of methoxy groups -OCH3 is 1. The van der Waals surface area contributed by atoms with Crippen LogP contribution in [-0.4, -0.2) is 44.6 Å². The summed E-state index contributed by atoms with van der Waals surface area (Å²) >= 11 is 0. The molecule has 0 amide bonds. The molecule has 0 fully saturated rings. The topological polar surface area (TPSA) is 65.0 Å². The predicted octanol–water partition coefficient (Wildman–Crippen LogP) is 2.68. The summed E-state index contributed by atoms with van der Waals surface area (Å²) < 4.78 is 15.2. The molecule has 0 aliphatic rings. The molecule has 5 nitrogen and oxygen atoms in total. The molecule has 0 spiro atoms. The lowest BCUT2D eigenvalue weighted by Gasteiger charge is -2.15. The fraction of sp³-hybridized carbons (Fsp3) is 0.812. The number of aliphatic hydroxyl groups excluding tert-OH is 1. The molecular weight excluding hydrogens is 272 g/mol. The fourth-order valence-corrected chi connectivity index (χ4v) is 2.00. The maximum absolute atomic E-state index is 11.8. The maximum Gasteiger partial charge on any atom is 0.336 e. The van der Waals surface area contributed by atoms with Gasteiger partial charge >= 0.3 is 5.97 Å². The van der Waals surface area contributed by atoms with Crippen molar-refractivity contribution in [3.8, 4) is 0 Å². The second-order valence-electron chi connectivity index (χ2n) is 4.96. The number of rotatable bonds is 13. The number of unbranched alkanes of at least 4 members (excludes halogenated alkanes) is 1. The van der Waals surface area contributed by atoms with Crippen LogP contribution in [0.2, 0.25) is 0 Å². The Kier molecular flexibility index (Phi) is 13.2. The van der Waals surface area contributed by atoms with Crippen LogP contribution in [0.4, 0.5) is 0 Å². The maximum atomic E-state index is 11.8. The molecule has 0 aromatic rings. The van der Waals surface area contributed by atoms with E-state index < -0.39 is 0 Å². The molecule has 0 aliphatic heterocycles. The molecule has 0 aromatic heterocycles. The highest BCUT2D eigenvalue weighted by Crippen LogP contribution is 2.22. The summed E-state index contributed by atoms with van der Waals surface area (Å²) in [6.07, 6.45) is 6.65. The average molecular weight is 302 g/mol. The highest BCUT2D eigenvalue weighted by Gasteiger charge is 2.16. The molecule has 0 rings (SSSR count). The fourth-order valence-electron chi connectivity index (χ4n) is 2.00. The molecule has 0 heterocycles. The first-order chi connectivity index (χ1) is 10.2. The number of carbonyl (C=O) groups excluding carboxylic acids is 1. The number of carbonyl (C=O) groups is 1. The Morgan fingerprint density at radius 3 is 2.57 bits per heavy atom. The first-order valence-corrected chi connectivity index (χ1v) is 7.77. The molecule has 0 bridgehead atoms. The Morgan fingerprint density at radius 2 is 2.00 bits per heavy atom. The van der Waals surface area contributed by atoms with Crippen LogP contribution in [-0.2, 0) is 19.0 Å². The minimum absolute atomic E-state index is 0.00113. The van der Waals surface area contributed by atoms with Crippen LogP contribution in [0, 0.1) is 5.92 Å². The van der Waals surface area contributed by atoms with Crippen molar-refractivity contribution in [2.24, 2.45) is 5.92 Å². The molecule has 1 unspecified atom stereocenters. The van der Waals surface area contributed by atoms with Crippen LogP contribution in [0.5, 0.6) is 0 Å².